The number of nitrogens with one attached hydrogen (secondary N) is 2. The molecule has 2 fully saturated rings. The number of nitriles is 1. The number of nitrogens with two attached hydrogens (primary N) is 1. The molecule has 2 aromatic carbocycles. The largest absolute Gasteiger partial charge is 1.00 e. The molecule has 7 nitrogen and oxygen atoms in total. The van der Waals surface area contributed by atoms with Gasteiger partial charge in [-0.05, 0) is 37.1 Å². The van der Waals surface area contributed by atoms with E-state index in [1.54, 1.807) is 0 Å². The summed E-state index contributed by atoms with van der Waals surface area (Å²) in [6.07, 6.45) is 3.98. The van der Waals surface area contributed by atoms with E-state index < -0.39 is 0 Å². The first-order valence-electron chi connectivity index (χ1n) is 11.1. The fourth-order valence-corrected chi connectivity index (χ4v) is 4.81. The maximum absolute atomic E-state index is 9.33. The van der Waals surface area contributed by atoms with Crippen LogP contribution >= 0.6 is 0 Å². The number of quaternary nitrogens is 1. The quantitative estimate of drug-likeness (QED) is 0.484. The molecule has 5 rings (SSSR count). The Bertz CT molecular complexity index is 959. The van der Waals surface area contributed by atoms with Crippen molar-refractivity contribution in [1.29, 1.82) is 5.26 Å². The van der Waals surface area contributed by atoms with Crippen LogP contribution in [0.25, 0.3) is 0 Å². The average Bonchev–Trinajstić information content (AvgIpc) is 3.42. The predicted octanol–water partition coefficient (Wildman–Crippen LogP) is -0.0494. The number of hydrogen-bond donors (Lipinski definition) is 3. The SMILES string of the molecule is C.C.N#CC1(c2ccccc2)CC[NH2+]CC1.[Cl-].c1ccc(C2(c3nn[nH]n3)CCNCC2)cc1. The van der Waals surface area contributed by atoms with Gasteiger partial charge in [-0.3, -0.25) is 0 Å². The fourth-order valence-electron chi connectivity index (χ4n) is 4.81. The Balaban J connectivity index is 0.000000317. The number of benzene rings is 2. The third-order valence-corrected chi connectivity index (χ3v) is 6.65. The van der Waals surface area contributed by atoms with Gasteiger partial charge in [0.1, 0.15) is 0 Å². The molecule has 34 heavy (non-hydrogen) atoms. The maximum Gasteiger partial charge on any atom is 0.185 e. The molecule has 2 saturated heterocycles. The van der Waals surface area contributed by atoms with Gasteiger partial charge in [0.25, 0.3) is 0 Å². The molecule has 0 bridgehead atoms. The summed E-state index contributed by atoms with van der Waals surface area (Å²) in [6.45, 7) is 4.12. The van der Waals surface area contributed by atoms with Gasteiger partial charge in [0.15, 0.2) is 5.82 Å². The van der Waals surface area contributed by atoms with Gasteiger partial charge in [0.2, 0.25) is 0 Å². The van der Waals surface area contributed by atoms with Crippen molar-refractivity contribution in [3.05, 3.63) is 77.6 Å². The van der Waals surface area contributed by atoms with Crippen molar-refractivity contribution in [2.75, 3.05) is 26.2 Å². The van der Waals surface area contributed by atoms with Crippen molar-refractivity contribution in [1.82, 2.24) is 25.9 Å². The van der Waals surface area contributed by atoms with E-state index in [2.05, 4.69) is 73.7 Å². The first-order valence-corrected chi connectivity index (χ1v) is 11.1. The van der Waals surface area contributed by atoms with Crippen LogP contribution in [0.1, 0.15) is 57.5 Å². The highest BCUT2D eigenvalue weighted by atomic mass is 35.5. The highest BCUT2D eigenvalue weighted by Gasteiger charge is 2.39. The molecule has 2 aliphatic rings. The Hall–Kier alpha value is -2.79. The number of aromatic nitrogens is 4. The molecule has 184 valence electrons. The van der Waals surface area contributed by atoms with Crippen LogP contribution in [0.2, 0.25) is 0 Å². The standard InChI is InChI=1S/C12H15N5.C12H14N2.2CH4.ClH/c1-2-4-10(5-3-1)12(6-8-13-9-7-12)11-14-16-17-15-11;13-10-12(6-8-14-9-7-12)11-4-2-1-3-5-11;;;/h1-5,13H,6-9H2,(H,14,15,16,17);1-5,14H,6-9H2;2*1H4;1H. The van der Waals surface area contributed by atoms with E-state index in [4.69, 9.17) is 0 Å². The molecule has 3 heterocycles. The molecule has 0 aliphatic carbocycles. The molecule has 0 saturated carbocycles. The highest BCUT2D eigenvalue weighted by Crippen LogP contribution is 2.37. The van der Waals surface area contributed by atoms with Gasteiger partial charge >= 0.3 is 0 Å². The fraction of sp³-hybridized carbons (Fsp3) is 0.462. The molecule has 3 aromatic rings. The van der Waals surface area contributed by atoms with Crippen molar-refractivity contribution < 1.29 is 17.7 Å². The smallest absolute Gasteiger partial charge is 0.185 e. The van der Waals surface area contributed by atoms with E-state index >= 15 is 0 Å². The number of tetrazole rings is 1. The van der Waals surface area contributed by atoms with Crippen LogP contribution in [0.5, 0.6) is 0 Å². The second-order valence-electron chi connectivity index (χ2n) is 8.36. The minimum absolute atomic E-state index is 0. The Labute approximate surface area is 210 Å². The van der Waals surface area contributed by atoms with Gasteiger partial charge in [0.05, 0.1) is 30.0 Å². The minimum Gasteiger partial charge on any atom is -1.00 e. The zero-order chi connectivity index (χ0) is 21.4. The number of nitrogens with zero attached hydrogens (tertiary/aromatic N) is 4. The van der Waals surface area contributed by atoms with Gasteiger partial charge < -0.3 is 23.0 Å². The van der Waals surface area contributed by atoms with Crippen LogP contribution in [-0.2, 0) is 10.8 Å². The lowest BCUT2D eigenvalue weighted by molar-refractivity contribution is -0.664. The van der Waals surface area contributed by atoms with Crippen molar-refractivity contribution in [3.8, 4) is 6.07 Å². The van der Waals surface area contributed by atoms with E-state index in [9.17, 15) is 5.26 Å². The van der Waals surface area contributed by atoms with Crippen molar-refractivity contribution in [3.63, 3.8) is 0 Å². The van der Waals surface area contributed by atoms with Crippen molar-refractivity contribution >= 4 is 0 Å². The normalized spacial score (nSPS) is 17.7. The third-order valence-electron chi connectivity index (χ3n) is 6.65. The lowest BCUT2D eigenvalue weighted by Gasteiger charge is -2.35. The summed E-state index contributed by atoms with van der Waals surface area (Å²) in [5.74, 6) is 0.810. The Morgan fingerprint density at radius 2 is 1.38 bits per heavy atom. The van der Waals surface area contributed by atoms with Crippen molar-refractivity contribution in [2.24, 2.45) is 0 Å². The van der Waals surface area contributed by atoms with E-state index in [0.717, 1.165) is 57.7 Å². The maximum atomic E-state index is 9.33. The highest BCUT2D eigenvalue weighted by molar-refractivity contribution is 5.33. The first kappa shape index (κ1) is 29.2. The van der Waals surface area contributed by atoms with Crippen LogP contribution in [0.4, 0.5) is 0 Å². The van der Waals surface area contributed by atoms with Crippen LogP contribution in [0, 0.1) is 11.3 Å². The summed E-state index contributed by atoms with van der Waals surface area (Å²) in [5, 5.41) is 29.7. The second-order valence-corrected chi connectivity index (χ2v) is 8.36. The minimum atomic E-state index is -0.212. The summed E-state index contributed by atoms with van der Waals surface area (Å²) in [5.41, 5.74) is 2.17. The van der Waals surface area contributed by atoms with Crippen LogP contribution < -0.4 is 23.0 Å². The monoisotopic (exact) mass is 483 g/mol. The molecule has 0 atom stereocenters. The molecule has 0 radical (unpaired) electrons. The van der Waals surface area contributed by atoms with Gasteiger partial charge in [-0.2, -0.15) is 10.5 Å². The van der Waals surface area contributed by atoms with Gasteiger partial charge in [0, 0.05) is 12.8 Å². The molecular weight excluding hydrogens is 446 g/mol. The van der Waals surface area contributed by atoms with E-state index in [1.807, 2.05) is 24.3 Å². The summed E-state index contributed by atoms with van der Waals surface area (Å²) in [7, 11) is 0. The molecule has 0 spiro atoms. The average molecular weight is 484 g/mol. The molecule has 8 heteroatoms. The number of H-pyrrole nitrogens is 1. The van der Waals surface area contributed by atoms with Gasteiger partial charge in [-0.1, -0.05) is 80.7 Å². The number of rotatable bonds is 3. The van der Waals surface area contributed by atoms with E-state index in [-0.39, 0.29) is 38.1 Å². The third kappa shape index (κ3) is 6.20. The zero-order valence-electron chi connectivity index (χ0n) is 18.2. The molecule has 0 unspecified atom stereocenters. The summed E-state index contributed by atoms with van der Waals surface area (Å²) < 4.78 is 0. The molecule has 1 aromatic heterocycles. The van der Waals surface area contributed by atoms with Crippen LogP contribution in [0.15, 0.2) is 60.7 Å². The zero-order valence-corrected chi connectivity index (χ0v) is 18.9. The molecule has 4 N–H and O–H groups in total. The van der Waals surface area contributed by atoms with E-state index in [0.29, 0.717) is 0 Å². The summed E-state index contributed by atoms with van der Waals surface area (Å²) in [4.78, 5) is 0. The predicted molar refractivity (Wildman–Crippen MR) is 132 cm³/mol. The lowest BCUT2D eigenvalue weighted by Crippen LogP contribution is -3.00. The Kier molecular flexibility index (Phi) is 11.9. The van der Waals surface area contributed by atoms with Gasteiger partial charge in [-0.15, -0.1) is 10.2 Å². The molecule has 0 amide bonds. The Morgan fingerprint density at radius 3 is 1.88 bits per heavy atom. The second kappa shape index (κ2) is 13.8. The Morgan fingerprint density at radius 1 is 0.824 bits per heavy atom. The van der Waals surface area contributed by atoms with Crippen molar-refractivity contribution in [2.45, 2.75) is 51.4 Å². The van der Waals surface area contributed by atoms with Gasteiger partial charge in [-0.25, -0.2) is 0 Å². The topological polar surface area (TPSA) is 107 Å². The number of aromatic amines is 1. The first-order chi connectivity index (χ1) is 15.3. The number of piperidine rings is 2. The molecular formula is C26H38ClN7. The lowest BCUT2D eigenvalue weighted by atomic mass is 9.72. The van der Waals surface area contributed by atoms with Crippen LogP contribution in [0.3, 0.4) is 0 Å². The van der Waals surface area contributed by atoms with Crippen LogP contribution in [-0.4, -0.2) is 46.8 Å². The summed E-state index contributed by atoms with van der Waals surface area (Å²) >= 11 is 0. The van der Waals surface area contributed by atoms with E-state index in [1.165, 1.54) is 11.1 Å². The number of hydrogen-bond acceptors (Lipinski definition) is 5. The molecule has 2 aliphatic heterocycles. The summed E-state index contributed by atoms with van der Waals surface area (Å²) in [6, 6.07) is 23.2. The number of halogens is 1.